The molecular weight excluding hydrogens is 236 g/mol. The van der Waals surface area contributed by atoms with Gasteiger partial charge in [-0.15, -0.1) is 0 Å². The van der Waals surface area contributed by atoms with Crippen LogP contribution in [0.2, 0.25) is 0 Å². The Kier molecular flexibility index (Phi) is 3.80. The van der Waals surface area contributed by atoms with E-state index in [0.717, 1.165) is 17.9 Å². The second-order valence-corrected chi connectivity index (χ2v) is 4.36. The van der Waals surface area contributed by atoms with E-state index in [4.69, 9.17) is 11.1 Å². The molecule has 2 aromatic rings. The molecule has 4 heteroatoms. The number of nitrogens with zero attached hydrogens (tertiary/aromatic N) is 2. The highest BCUT2D eigenvalue weighted by Crippen LogP contribution is 2.27. The Balaban J connectivity index is 2.48. The maximum atomic E-state index is 7.63. The molecule has 1 aromatic heterocycles. The Morgan fingerprint density at radius 1 is 1.26 bits per heavy atom. The first-order valence-electron chi connectivity index (χ1n) is 6.27. The second-order valence-electron chi connectivity index (χ2n) is 4.36. The summed E-state index contributed by atoms with van der Waals surface area (Å²) in [5.41, 5.74) is 9.28. The van der Waals surface area contributed by atoms with Crippen molar-refractivity contribution in [2.75, 3.05) is 11.4 Å². The maximum absolute atomic E-state index is 7.63. The predicted molar refractivity (Wildman–Crippen MR) is 79.1 cm³/mol. The number of nitrogens with two attached hydrogens (primary N) is 1. The third-order valence-electron chi connectivity index (χ3n) is 2.99. The molecule has 1 heterocycles. The van der Waals surface area contributed by atoms with Gasteiger partial charge in [-0.25, -0.2) is 0 Å². The minimum absolute atomic E-state index is 0.0128. The summed E-state index contributed by atoms with van der Waals surface area (Å²) < 4.78 is 0. The van der Waals surface area contributed by atoms with E-state index < -0.39 is 0 Å². The monoisotopic (exact) mass is 254 g/mol. The van der Waals surface area contributed by atoms with Crippen LogP contribution in [0.5, 0.6) is 0 Å². The molecule has 4 nitrogen and oxygen atoms in total. The standard InChI is InChI=1S/C15H18N4/c1-3-19(12-8-6-11(2)7-9-12)13-5-4-10-18-14(13)15(16)17/h4-10H,3H2,1-2H3,(H3,16,17). The van der Waals surface area contributed by atoms with E-state index in [1.807, 2.05) is 12.1 Å². The van der Waals surface area contributed by atoms with Gasteiger partial charge >= 0.3 is 0 Å². The molecule has 19 heavy (non-hydrogen) atoms. The normalized spacial score (nSPS) is 10.2. The number of anilines is 2. The summed E-state index contributed by atoms with van der Waals surface area (Å²) in [5.74, 6) is -0.0128. The van der Waals surface area contributed by atoms with E-state index >= 15 is 0 Å². The van der Waals surface area contributed by atoms with Crippen molar-refractivity contribution in [3.63, 3.8) is 0 Å². The molecule has 0 aliphatic carbocycles. The molecule has 3 N–H and O–H groups in total. The molecule has 0 aliphatic rings. The van der Waals surface area contributed by atoms with Crippen molar-refractivity contribution in [2.45, 2.75) is 13.8 Å². The van der Waals surface area contributed by atoms with Gasteiger partial charge < -0.3 is 10.6 Å². The van der Waals surface area contributed by atoms with Gasteiger partial charge in [-0.1, -0.05) is 17.7 Å². The SMILES string of the molecule is CCN(c1ccc(C)cc1)c1cccnc1C(=N)N. The maximum Gasteiger partial charge on any atom is 0.143 e. The van der Waals surface area contributed by atoms with Crippen molar-refractivity contribution in [2.24, 2.45) is 5.73 Å². The predicted octanol–water partition coefficient (Wildman–Crippen LogP) is 2.83. The molecule has 0 bridgehead atoms. The van der Waals surface area contributed by atoms with Crippen LogP contribution in [0.4, 0.5) is 11.4 Å². The fourth-order valence-corrected chi connectivity index (χ4v) is 2.04. The van der Waals surface area contributed by atoms with Crippen molar-refractivity contribution < 1.29 is 0 Å². The van der Waals surface area contributed by atoms with Gasteiger partial charge in [-0.3, -0.25) is 10.4 Å². The number of nitrogen functional groups attached to an aromatic ring is 1. The van der Waals surface area contributed by atoms with Gasteiger partial charge in [0, 0.05) is 18.4 Å². The molecule has 0 amide bonds. The van der Waals surface area contributed by atoms with Crippen LogP contribution in [0.3, 0.4) is 0 Å². The number of nitrogens with one attached hydrogen (secondary N) is 1. The summed E-state index contributed by atoms with van der Waals surface area (Å²) >= 11 is 0. The van der Waals surface area contributed by atoms with Crippen LogP contribution >= 0.6 is 0 Å². The summed E-state index contributed by atoms with van der Waals surface area (Å²) in [6, 6.07) is 12.1. The first-order chi connectivity index (χ1) is 9.13. The first kappa shape index (κ1) is 13.1. The number of pyridine rings is 1. The number of amidine groups is 1. The first-order valence-corrected chi connectivity index (χ1v) is 6.27. The average molecular weight is 254 g/mol. The van der Waals surface area contributed by atoms with E-state index in [2.05, 4.69) is 48.0 Å². The lowest BCUT2D eigenvalue weighted by molar-refractivity contribution is 1.01. The summed E-state index contributed by atoms with van der Waals surface area (Å²) in [6.45, 7) is 4.91. The minimum atomic E-state index is -0.0128. The van der Waals surface area contributed by atoms with Crippen molar-refractivity contribution >= 4 is 17.2 Å². The molecule has 0 aliphatic heterocycles. The molecule has 0 spiro atoms. The van der Waals surface area contributed by atoms with Crippen LogP contribution in [0.25, 0.3) is 0 Å². The van der Waals surface area contributed by atoms with Crippen LogP contribution in [-0.2, 0) is 0 Å². The zero-order chi connectivity index (χ0) is 13.8. The third kappa shape index (κ3) is 2.73. The summed E-state index contributed by atoms with van der Waals surface area (Å²) in [5, 5.41) is 7.63. The Labute approximate surface area is 113 Å². The highest BCUT2D eigenvalue weighted by molar-refractivity contribution is 5.99. The largest absolute Gasteiger partial charge is 0.382 e. The van der Waals surface area contributed by atoms with Gasteiger partial charge in [0.2, 0.25) is 0 Å². The molecule has 0 unspecified atom stereocenters. The topological polar surface area (TPSA) is 66.0 Å². The van der Waals surface area contributed by atoms with Crippen molar-refractivity contribution in [1.29, 1.82) is 5.41 Å². The zero-order valence-electron chi connectivity index (χ0n) is 11.2. The minimum Gasteiger partial charge on any atom is -0.382 e. The highest BCUT2D eigenvalue weighted by atomic mass is 15.1. The second kappa shape index (κ2) is 5.52. The summed E-state index contributed by atoms with van der Waals surface area (Å²) in [6.07, 6.45) is 1.66. The molecule has 0 fully saturated rings. The van der Waals surface area contributed by atoms with Gasteiger partial charge in [-0.05, 0) is 38.1 Å². The molecular formula is C15H18N4. The van der Waals surface area contributed by atoms with Gasteiger partial charge in [0.15, 0.2) is 0 Å². The summed E-state index contributed by atoms with van der Waals surface area (Å²) in [4.78, 5) is 6.30. The van der Waals surface area contributed by atoms with Gasteiger partial charge in [0.1, 0.15) is 11.5 Å². The van der Waals surface area contributed by atoms with Crippen LogP contribution in [0.15, 0.2) is 42.6 Å². The number of rotatable bonds is 4. The van der Waals surface area contributed by atoms with Crippen LogP contribution < -0.4 is 10.6 Å². The van der Waals surface area contributed by atoms with Crippen LogP contribution in [0, 0.1) is 12.3 Å². The lowest BCUT2D eigenvalue weighted by atomic mass is 10.2. The Bertz CT molecular complexity index is 575. The number of hydrogen-bond acceptors (Lipinski definition) is 3. The van der Waals surface area contributed by atoms with Crippen LogP contribution in [-0.4, -0.2) is 17.4 Å². The van der Waals surface area contributed by atoms with Crippen molar-refractivity contribution in [3.05, 3.63) is 53.9 Å². The quantitative estimate of drug-likeness (QED) is 0.651. The van der Waals surface area contributed by atoms with E-state index in [0.29, 0.717) is 5.69 Å². The van der Waals surface area contributed by atoms with Crippen molar-refractivity contribution in [1.82, 2.24) is 4.98 Å². The molecule has 0 atom stereocenters. The fourth-order valence-electron chi connectivity index (χ4n) is 2.04. The molecule has 98 valence electrons. The molecule has 0 saturated heterocycles. The van der Waals surface area contributed by atoms with E-state index in [-0.39, 0.29) is 5.84 Å². The average Bonchev–Trinajstić information content (AvgIpc) is 2.42. The third-order valence-corrected chi connectivity index (χ3v) is 2.99. The smallest absolute Gasteiger partial charge is 0.143 e. The number of hydrogen-bond donors (Lipinski definition) is 2. The Morgan fingerprint density at radius 3 is 2.53 bits per heavy atom. The molecule has 2 rings (SSSR count). The molecule has 0 radical (unpaired) electrons. The summed E-state index contributed by atoms with van der Waals surface area (Å²) in [7, 11) is 0. The molecule has 0 saturated carbocycles. The highest BCUT2D eigenvalue weighted by Gasteiger charge is 2.14. The van der Waals surface area contributed by atoms with E-state index in [1.165, 1.54) is 5.56 Å². The van der Waals surface area contributed by atoms with Gasteiger partial charge in [0.25, 0.3) is 0 Å². The number of benzene rings is 1. The van der Waals surface area contributed by atoms with E-state index in [9.17, 15) is 0 Å². The lowest BCUT2D eigenvalue weighted by Gasteiger charge is -2.25. The molecule has 1 aromatic carbocycles. The lowest BCUT2D eigenvalue weighted by Crippen LogP contribution is -2.22. The van der Waals surface area contributed by atoms with Gasteiger partial charge in [-0.2, -0.15) is 0 Å². The van der Waals surface area contributed by atoms with Crippen LogP contribution in [0.1, 0.15) is 18.2 Å². The number of aromatic nitrogens is 1. The Hall–Kier alpha value is -2.36. The fraction of sp³-hybridized carbons (Fsp3) is 0.200. The van der Waals surface area contributed by atoms with Gasteiger partial charge in [0.05, 0.1) is 5.69 Å². The number of aryl methyl sites for hydroxylation is 1. The zero-order valence-corrected chi connectivity index (χ0v) is 11.2. The Morgan fingerprint density at radius 2 is 1.95 bits per heavy atom. The van der Waals surface area contributed by atoms with Crippen molar-refractivity contribution in [3.8, 4) is 0 Å². The van der Waals surface area contributed by atoms with E-state index in [1.54, 1.807) is 6.20 Å².